The van der Waals surface area contributed by atoms with E-state index in [0.29, 0.717) is 23.0 Å². The third-order valence-corrected chi connectivity index (χ3v) is 5.47. The van der Waals surface area contributed by atoms with Gasteiger partial charge in [-0.15, -0.1) is 0 Å². The Bertz CT molecular complexity index is 1200. The minimum atomic E-state index is -0.529. The molecule has 35 heavy (non-hydrogen) atoms. The normalized spacial score (nSPS) is 17.6. The van der Waals surface area contributed by atoms with Crippen LogP contribution in [-0.4, -0.2) is 34.7 Å². The average Bonchev–Trinajstić information content (AvgIpc) is 3.30. The third kappa shape index (κ3) is 5.94. The van der Waals surface area contributed by atoms with Crippen molar-refractivity contribution in [2.45, 2.75) is 32.2 Å². The zero-order chi connectivity index (χ0) is 25.0. The molecule has 0 radical (unpaired) electrons. The maximum absolute atomic E-state index is 13.0. The van der Waals surface area contributed by atoms with Gasteiger partial charge in [0.2, 0.25) is 5.91 Å². The van der Waals surface area contributed by atoms with E-state index in [1.54, 1.807) is 54.9 Å². The first-order valence-electron chi connectivity index (χ1n) is 11.1. The number of aromatic nitrogens is 2. The topological polar surface area (TPSA) is 150 Å². The largest absolute Gasteiger partial charge is 0.359 e. The Hall–Kier alpha value is -4.41. The zero-order valence-corrected chi connectivity index (χ0v) is 19.6. The third-order valence-electron chi connectivity index (χ3n) is 5.47. The molecule has 1 aromatic carbocycles. The summed E-state index contributed by atoms with van der Waals surface area (Å²) in [5.74, 6) is 0.192. The van der Waals surface area contributed by atoms with Crippen LogP contribution in [0.1, 0.15) is 38.1 Å². The number of pyridine rings is 1. The van der Waals surface area contributed by atoms with Crippen LogP contribution in [0.5, 0.6) is 0 Å². The van der Waals surface area contributed by atoms with E-state index in [9.17, 15) is 14.4 Å². The summed E-state index contributed by atoms with van der Waals surface area (Å²) in [6.07, 6.45) is 3.24. The fraction of sp³-hybridized carbons (Fsp3) is 0.292. The minimum Gasteiger partial charge on any atom is -0.359 e. The van der Waals surface area contributed by atoms with Crippen molar-refractivity contribution in [3.05, 3.63) is 66.2 Å². The Balaban J connectivity index is 1.35. The predicted molar refractivity (Wildman–Crippen MR) is 130 cm³/mol. The smallest absolute Gasteiger partial charge is 0.324 e. The van der Waals surface area contributed by atoms with Crippen molar-refractivity contribution in [3.8, 4) is 0 Å². The van der Waals surface area contributed by atoms with E-state index in [4.69, 9.17) is 4.52 Å². The van der Waals surface area contributed by atoms with Gasteiger partial charge >= 0.3 is 12.1 Å². The Morgan fingerprint density at radius 3 is 2.29 bits per heavy atom. The van der Waals surface area contributed by atoms with Crippen molar-refractivity contribution in [1.29, 1.82) is 0 Å². The SMILES string of the molecule is CC(C)(C)c1cc(NC(=O)Nc2ccc(NC(=O)C3CNC(=O)NC3c3ccncc3)cc2)no1. The van der Waals surface area contributed by atoms with Gasteiger partial charge in [0.05, 0.1) is 12.0 Å². The average molecular weight is 478 g/mol. The summed E-state index contributed by atoms with van der Waals surface area (Å²) in [5.41, 5.74) is 1.66. The van der Waals surface area contributed by atoms with Crippen LogP contribution >= 0.6 is 0 Å². The van der Waals surface area contributed by atoms with Crippen LogP contribution in [0.15, 0.2) is 59.4 Å². The van der Waals surface area contributed by atoms with Crippen molar-refractivity contribution < 1.29 is 18.9 Å². The Morgan fingerprint density at radius 1 is 1.00 bits per heavy atom. The number of hydrogen-bond acceptors (Lipinski definition) is 6. The Labute approximate surface area is 202 Å². The molecular weight excluding hydrogens is 450 g/mol. The van der Waals surface area contributed by atoms with Gasteiger partial charge in [-0.05, 0) is 42.0 Å². The van der Waals surface area contributed by atoms with Crippen LogP contribution in [-0.2, 0) is 10.2 Å². The number of nitrogens with one attached hydrogen (secondary N) is 5. The molecule has 11 nitrogen and oxygen atoms in total. The monoisotopic (exact) mass is 477 g/mol. The first-order chi connectivity index (χ1) is 16.7. The molecular formula is C24H27N7O4. The van der Waals surface area contributed by atoms with Crippen LogP contribution in [0, 0.1) is 5.92 Å². The number of nitrogens with zero attached hydrogens (tertiary/aromatic N) is 2. The number of rotatable bonds is 5. The number of carbonyl (C=O) groups is 3. The lowest BCUT2D eigenvalue weighted by Gasteiger charge is -2.32. The second-order valence-electron chi connectivity index (χ2n) is 9.19. The maximum atomic E-state index is 13.0. The second kappa shape index (κ2) is 9.84. The highest BCUT2D eigenvalue weighted by Gasteiger charge is 2.34. The molecule has 0 bridgehead atoms. The van der Waals surface area contributed by atoms with E-state index in [2.05, 4.69) is 36.7 Å². The van der Waals surface area contributed by atoms with Crippen molar-refractivity contribution in [2.75, 3.05) is 22.5 Å². The van der Waals surface area contributed by atoms with Gasteiger partial charge in [0.15, 0.2) is 5.82 Å². The number of carbonyl (C=O) groups excluding carboxylic acids is 3. The molecule has 3 heterocycles. The zero-order valence-electron chi connectivity index (χ0n) is 19.6. The molecule has 0 saturated carbocycles. The molecule has 4 rings (SSSR count). The molecule has 5 N–H and O–H groups in total. The number of urea groups is 2. The summed E-state index contributed by atoms with van der Waals surface area (Å²) in [6, 6.07) is 10.6. The van der Waals surface area contributed by atoms with E-state index >= 15 is 0 Å². The van der Waals surface area contributed by atoms with Crippen LogP contribution in [0.3, 0.4) is 0 Å². The summed E-state index contributed by atoms with van der Waals surface area (Å²) < 4.78 is 5.26. The minimum absolute atomic E-state index is 0.198. The molecule has 11 heteroatoms. The van der Waals surface area contributed by atoms with E-state index in [1.807, 2.05) is 20.8 Å². The van der Waals surface area contributed by atoms with Gasteiger partial charge in [-0.1, -0.05) is 25.9 Å². The standard InChI is InChI=1S/C24H27N7O4/c1-24(2,3)18-12-19(31-35-18)29-23(34)28-16-6-4-15(5-7-16)27-21(32)17-13-26-22(33)30-20(17)14-8-10-25-11-9-14/h4-12,17,20H,13H2,1-3H3,(H,27,32)(H2,26,30,33)(H2,28,29,31,34). The van der Waals surface area contributed by atoms with Crippen molar-refractivity contribution >= 4 is 35.2 Å². The number of anilines is 3. The second-order valence-corrected chi connectivity index (χ2v) is 9.19. The molecule has 2 unspecified atom stereocenters. The molecule has 1 saturated heterocycles. The highest BCUT2D eigenvalue weighted by Crippen LogP contribution is 2.26. The fourth-order valence-electron chi connectivity index (χ4n) is 3.58. The Kier molecular flexibility index (Phi) is 6.67. The van der Waals surface area contributed by atoms with E-state index in [-0.39, 0.29) is 23.9 Å². The lowest BCUT2D eigenvalue weighted by atomic mass is 9.91. The summed E-state index contributed by atoms with van der Waals surface area (Å²) >= 11 is 0. The quantitative estimate of drug-likeness (QED) is 0.379. The first-order valence-corrected chi connectivity index (χ1v) is 11.1. The molecule has 2 aromatic heterocycles. The van der Waals surface area contributed by atoms with Crippen LogP contribution < -0.4 is 26.6 Å². The molecule has 0 spiro atoms. The van der Waals surface area contributed by atoms with Crippen molar-refractivity contribution in [2.24, 2.45) is 5.92 Å². The van der Waals surface area contributed by atoms with Gasteiger partial charge in [0, 0.05) is 41.8 Å². The number of benzene rings is 1. The van der Waals surface area contributed by atoms with Crippen LogP contribution in [0.2, 0.25) is 0 Å². The predicted octanol–water partition coefficient (Wildman–Crippen LogP) is 3.62. The summed E-state index contributed by atoms with van der Waals surface area (Å²) in [6.45, 7) is 6.15. The van der Waals surface area contributed by atoms with E-state index < -0.39 is 18.0 Å². The van der Waals surface area contributed by atoms with Gasteiger partial charge in [-0.2, -0.15) is 0 Å². The van der Waals surface area contributed by atoms with Gasteiger partial charge in [0.25, 0.3) is 0 Å². The Morgan fingerprint density at radius 2 is 1.66 bits per heavy atom. The molecule has 2 atom stereocenters. The first kappa shape index (κ1) is 23.7. The number of hydrogen-bond donors (Lipinski definition) is 5. The lowest BCUT2D eigenvalue weighted by molar-refractivity contribution is -0.120. The molecule has 1 aliphatic rings. The van der Waals surface area contributed by atoms with Gasteiger partial charge in [-0.3, -0.25) is 15.1 Å². The van der Waals surface area contributed by atoms with Gasteiger partial charge in [-0.25, -0.2) is 9.59 Å². The highest BCUT2D eigenvalue weighted by molar-refractivity contribution is 5.99. The lowest BCUT2D eigenvalue weighted by Crippen LogP contribution is -2.53. The van der Waals surface area contributed by atoms with E-state index in [1.165, 1.54) is 0 Å². The van der Waals surface area contributed by atoms with E-state index in [0.717, 1.165) is 5.56 Å². The van der Waals surface area contributed by atoms with Crippen LogP contribution in [0.25, 0.3) is 0 Å². The molecule has 1 fully saturated rings. The van der Waals surface area contributed by atoms with Crippen molar-refractivity contribution in [1.82, 2.24) is 20.8 Å². The summed E-state index contributed by atoms with van der Waals surface area (Å²) in [7, 11) is 0. The highest BCUT2D eigenvalue weighted by atomic mass is 16.5. The van der Waals surface area contributed by atoms with Crippen LogP contribution in [0.4, 0.5) is 26.8 Å². The maximum Gasteiger partial charge on any atom is 0.324 e. The summed E-state index contributed by atoms with van der Waals surface area (Å²) in [5, 5.41) is 17.5. The fourth-order valence-corrected chi connectivity index (χ4v) is 3.58. The van der Waals surface area contributed by atoms with Crippen molar-refractivity contribution in [3.63, 3.8) is 0 Å². The molecule has 182 valence electrons. The van der Waals surface area contributed by atoms with Gasteiger partial charge < -0.3 is 25.8 Å². The van der Waals surface area contributed by atoms with Gasteiger partial charge in [0.1, 0.15) is 5.76 Å². The molecule has 3 aromatic rings. The molecule has 0 aliphatic carbocycles. The summed E-state index contributed by atoms with van der Waals surface area (Å²) in [4.78, 5) is 41.1. The number of amides is 5. The molecule has 1 aliphatic heterocycles. The molecule has 5 amide bonds.